The highest BCUT2D eigenvalue weighted by Crippen LogP contribution is 2.17. The third-order valence-corrected chi connectivity index (χ3v) is 2.92. The van der Waals surface area contributed by atoms with Crippen molar-refractivity contribution in [1.82, 2.24) is 4.57 Å². The lowest BCUT2D eigenvalue weighted by Crippen LogP contribution is -2.24. The SMILES string of the molecule is Cc1cccn(CCOc2ccccc2C(=O)O)c1=O. The number of aromatic nitrogens is 1. The Labute approximate surface area is 116 Å². The molecule has 0 atom stereocenters. The maximum Gasteiger partial charge on any atom is 0.339 e. The number of carboxylic acid groups (broad SMARTS) is 1. The van der Waals surface area contributed by atoms with Gasteiger partial charge < -0.3 is 14.4 Å². The van der Waals surface area contributed by atoms with Crippen LogP contribution in [0.15, 0.2) is 47.4 Å². The smallest absolute Gasteiger partial charge is 0.339 e. The Bertz CT molecular complexity index is 676. The summed E-state index contributed by atoms with van der Waals surface area (Å²) in [6, 6.07) is 9.97. The quantitative estimate of drug-likeness (QED) is 0.903. The van der Waals surface area contributed by atoms with Crippen LogP contribution in [0.3, 0.4) is 0 Å². The molecule has 0 aliphatic carbocycles. The van der Waals surface area contributed by atoms with Gasteiger partial charge in [-0.25, -0.2) is 4.79 Å². The molecule has 0 spiro atoms. The van der Waals surface area contributed by atoms with Crippen LogP contribution in [0.2, 0.25) is 0 Å². The molecule has 1 aromatic heterocycles. The van der Waals surface area contributed by atoms with Gasteiger partial charge in [-0.2, -0.15) is 0 Å². The molecule has 0 aliphatic heterocycles. The van der Waals surface area contributed by atoms with Crippen LogP contribution in [0.5, 0.6) is 5.75 Å². The highest BCUT2D eigenvalue weighted by Gasteiger charge is 2.09. The molecule has 0 bridgehead atoms. The van der Waals surface area contributed by atoms with Crippen molar-refractivity contribution in [3.8, 4) is 5.75 Å². The van der Waals surface area contributed by atoms with E-state index in [9.17, 15) is 9.59 Å². The van der Waals surface area contributed by atoms with Crippen molar-refractivity contribution in [2.45, 2.75) is 13.5 Å². The minimum Gasteiger partial charge on any atom is -0.491 e. The zero-order valence-corrected chi connectivity index (χ0v) is 11.1. The normalized spacial score (nSPS) is 10.2. The van der Waals surface area contributed by atoms with Gasteiger partial charge in [-0.1, -0.05) is 18.2 Å². The van der Waals surface area contributed by atoms with Gasteiger partial charge in [-0.15, -0.1) is 0 Å². The van der Waals surface area contributed by atoms with Crippen LogP contribution >= 0.6 is 0 Å². The number of carbonyl (C=O) groups is 1. The summed E-state index contributed by atoms with van der Waals surface area (Å²) in [5.41, 5.74) is 0.713. The standard InChI is InChI=1S/C15H15NO4/c1-11-5-4-8-16(14(11)17)9-10-20-13-7-3-2-6-12(13)15(18)19/h2-8H,9-10H2,1H3,(H,18,19). The highest BCUT2D eigenvalue weighted by atomic mass is 16.5. The molecule has 104 valence electrons. The minimum atomic E-state index is -1.03. The van der Waals surface area contributed by atoms with Crippen LogP contribution in [0, 0.1) is 6.92 Å². The second kappa shape index (κ2) is 6.06. The number of nitrogens with zero attached hydrogens (tertiary/aromatic N) is 1. The number of para-hydroxylation sites is 1. The van der Waals surface area contributed by atoms with E-state index in [1.54, 1.807) is 48.0 Å². The number of aromatic carboxylic acids is 1. The summed E-state index contributed by atoms with van der Waals surface area (Å²) in [5, 5.41) is 9.03. The first-order valence-corrected chi connectivity index (χ1v) is 6.21. The number of hydrogen-bond acceptors (Lipinski definition) is 3. The van der Waals surface area contributed by atoms with E-state index in [1.807, 2.05) is 0 Å². The Balaban J connectivity index is 2.05. The average molecular weight is 273 g/mol. The van der Waals surface area contributed by atoms with E-state index in [2.05, 4.69) is 0 Å². The van der Waals surface area contributed by atoms with Gasteiger partial charge in [0.25, 0.3) is 5.56 Å². The molecule has 0 fully saturated rings. The first-order valence-electron chi connectivity index (χ1n) is 6.21. The number of aryl methyl sites for hydroxylation is 1. The molecule has 20 heavy (non-hydrogen) atoms. The molecule has 2 rings (SSSR count). The van der Waals surface area contributed by atoms with Crippen LogP contribution in [0.1, 0.15) is 15.9 Å². The van der Waals surface area contributed by atoms with Gasteiger partial charge in [0.15, 0.2) is 0 Å². The summed E-state index contributed by atoms with van der Waals surface area (Å²) in [4.78, 5) is 22.8. The molecular weight excluding hydrogens is 258 g/mol. The number of hydrogen-bond donors (Lipinski definition) is 1. The Morgan fingerprint density at radius 2 is 2.00 bits per heavy atom. The molecule has 1 heterocycles. The number of benzene rings is 1. The molecule has 5 nitrogen and oxygen atoms in total. The van der Waals surface area contributed by atoms with Crippen molar-refractivity contribution in [2.75, 3.05) is 6.61 Å². The van der Waals surface area contributed by atoms with E-state index in [-0.39, 0.29) is 17.7 Å². The number of pyridine rings is 1. The van der Waals surface area contributed by atoms with E-state index in [1.165, 1.54) is 6.07 Å². The van der Waals surface area contributed by atoms with Crippen molar-refractivity contribution in [3.63, 3.8) is 0 Å². The lowest BCUT2D eigenvalue weighted by Gasteiger charge is -2.10. The summed E-state index contributed by atoms with van der Waals surface area (Å²) in [5.74, 6) is -0.728. The second-order valence-corrected chi connectivity index (χ2v) is 4.34. The van der Waals surface area contributed by atoms with Gasteiger partial charge >= 0.3 is 5.97 Å². The van der Waals surface area contributed by atoms with Crippen molar-refractivity contribution in [1.29, 1.82) is 0 Å². The lowest BCUT2D eigenvalue weighted by atomic mass is 10.2. The molecule has 0 radical (unpaired) electrons. The average Bonchev–Trinajstić information content (AvgIpc) is 2.44. The van der Waals surface area contributed by atoms with E-state index in [0.717, 1.165) is 0 Å². The maximum atomic E-state index is 11.8. The van der Waals surface area contributed by atoms with Gasteiger partial charge in [0.1, 0.15) is 17.9 Å². The first kappa shape index (κ1) is 13.9. The van der Waals surface area contributed by atoms with Gasteiger partial charge in [-0.3, -0.25) is 4.79 Å². The predicted octanol–water partition coefficient (Wildman–Crippen LogP) is 1.93. The molecular formula is C15H15NO4. The number of rotatable bonds is 5. The van der Waals surface area contributed by atoms with E-state index < -0.39 is 5.97 Å². The monoisotopic (exact) mass is 273 g/mol. The fraction of sp³-hybridized carbons (Fsp3) is 0.200. The molecule has 2 aromatic rings. The first-order chi connectivity index (χ1) is 9.59. The molecule has 0 saturated carbocycles. The number of ether oxygens (including phenoxy) is 1. The van der Waals surface area contributed by atoms with E-state index in [4.69, 9.17) is 9.84 Å². The fourth-order valence-electron chi connectivity index (χ4n) is 1.86. The van der Waals surface area contributed by atoms with Crippen LogP contribution in [0.25, 0.3) is 0 Å². The predicted molar refractivity (Wildman–Crippen MR) is 74.3 cm³/mol. The van der Waals surface area contributed by atoms with Gasteiger partial charge in [0.05, 0.1) is 6.54 Å². The van der Waals surface area contributed by atoms with Crippen LogP contribution in [-0.4, -0.2) is 22.2 Å². The third-order valence-electron chi connectivity index (χ3n) is 2.92. The summed E-state index contributed by atoms with van der Waals surface area (Å²) in [6.07, 6.45) is 1.68. The Kier molecular flexibility index (Phi) is 4.20. The molecule has 5 heteroatoms. The van der Waals surface area contributed by atoms with Crippen LogP contribution < -0.4 is 10.3 Å². The molecule has 0 saturated heterocycles. The van der Waals surface area contributed by atoms with Gasteiger partial charge in [-0.05, 0) is 25.1 Å². The minimum absolute atomic E-state index is 0.0670. The van der Waals surface area contributed by atoms with Crippen molar-refractivity contribution < 1.29 is 14.6 Å². The molecule has 1 N–H and O–H groups in total. The van der Waals surface area contributed by atoms with Crippen molar-refractivity contribution in [2.24, 2.45) is 0 Å². The Morgan fingerprint density at radius 1 is 1.25 bits per heavy atom. The Hall–Kier alpha value is -2.56. The molecule has 0 unspecified atom stereocenters. The largest absolute Gasteiger partial charge is 0.491 e. The second-order valence-electron chi connectivity index (χ2n) is 4.34. The summed E-state index contributed by atoms with van der Waals surface area (Å²) in [6.45, 7) is 2.35. The van der Waals surface area contributed by atoms with Gasteiger partial charge in [0, 0.05) is 11.8 Å². The van der Waals surface area contributed by atoms with Crippen LogP contribution in [-0.2, 0) is 6.54 Å². The molecule has 1 aromatic carbocycles. The van der Waals surface area contributed by atoms with Crippen LogP contribution in [0.4, 0.5) is 0 Å². The maximum absolute atomic E-state index is 11.8. The Morgan fingerprint density at radius 3 is 2.75 bits per heavy atom. The van der Waals surface area contributed by atoms with E-state index >= 15 is 0 Å². The lowest BCUT2D eigenvalue weighted by molar-refractivity contribution is 0.0692. The number of carboxylic acids is 1. The molecule has 0 aliphatic rings. The third kappa shape index (κ3) is 3.06. The van der Waals surface area contributed by atoms with E-state index in [0.29, 0.717) is 17.9 Å². The van der Waals surface area contributed by atoms with Crippen molar-refractivity contribution >= 4 is 5.97 Å². The van der Waals surface area contributed by atoms with Crippen molar-refractivity contribution in [3.05, 3.63) is 64.1 Å². The zero-order chi connectivity index (χ0) is 14.5. The summed E-state index contributed by atoms with van der Waals surface area (Å²) >= 11 is 0. The summed E-state index contributed by atoms with van der Waals surface area (Å²) in [7, 11) is 0. The molecule has 0 amide bonds. The topological polar surface area (TPSA) is 68.5 Å². The fourth-order valence-corrected chi connectivity index (χ4v) is 1.86. The van der Waals surface area contributed by atoms with Gasteiger partial charge in [0.2, 0.25) is 0 Å². The summed E-state index contributed by atoms with van der Waals surface area (Å²) < 4.78 is 7.00. The zero-order valence-electron chi connectivity index (χ0n) is 11.1. The highest BCUT2D eigenvalue weighted by molar-refractivity contribution is 5.90.